The van der Waals surface area contributed by atoms with Crippen LogP contribution in [0.2, 0.25) is 5.02 Å². The van der Waals surface area contributed by atoms with Gasteiger partial charge in [0, 0.05) is 16.8 Å². The molecule has 1 aliphatic carbocycles. The summed E-state index contributed by atoms with van der Waals surface area (Å²) in [5.74, 6) is -0.0178. The molecule has 192 valence electrons. The molecule has 4 atom stereocenters. The number of ether oxygens (including phenoxy) is 2. The lowest BCUT2D eigenvalue weighted by Gasteiger charge is -2.44. The quantitative estimate of drug-likeness (QED) is 0.583. The molecular weight excluding hydrogens is 482 g/mol. The molecule has 0 radical (unpaired) electrons. The standard InChI is InChI=1S/C27H32ClN3O5/c28-19-5-7-20(8-6-19)30-27(34)31-14-22(32)15-35-16-25-24(31)10-9-23(36-25)13-26(33)29-21-11-17-3-1-2-4-18(17)12-21/h1-8,21-25,32H,9-16H2,(H,29,33)(H,30,34)/t22-,23+,24+,25-/m1/s1. The van der Waals surface area contributed by atoms with Crippen LogP contribution in [0, 0.1) is 0 Å². The molecule has 2 fully saturated rings. The second-order valence-corrected chi connectivity index (χ2v) is 10.3. The van der Waals surface area contributed by atoms with E-state index in [1.165, 1.54) is 11.1 Å². The molecule has 2 aromatic rings. The van der Waals surface area contributed by atoms with Crippen molar-refractivity contribution in [2.75, 3.05) is 25.1 Å². The van der Waals surface area contributed by atoms with E-state index in [2.05, 4.69) is 22.8 Å². The van der Waals surface area contributed by atoms with E-state index in [-0.39, 0.29) is 62.4 Å². The number of carbonyl (C=O) groups excluding carboxylic acids is 2. The Morgan fingerprint density at radius 3 is 2.47 bits per heavy atom. The number of fused-ring (bicyclic) bond motifs is 2. The van der Waals surface area contributed by atoms with Gasteiger partial charge in [0.2, 0.25) is 5.91 Å². The molecule has 0 bridgehead atoms. The zero-order chi connectivity index (χ0) is 25.1. The van der Waals surface area contributed by atoms with E-state index < -0.39 is 6.10 Å². The molecule has 2 saturated heterocycles. The van der Waals surface area contributed by atoms with Crippen molar-refractivity contribution in [2.45, 2.75) is 62.5 Å². The van der Waals surface area contributed by atoms with Crippen molar-refractivity contribution in [3.05, 3.63) is 64.7 Å². The summed E-state index contributed by atoms with van der Waals surface area (Å²) < 4.78 is 12.0. The normalized spacial score (nSPS) is 26.3. The zero-order valence-corrected chi connectivity index (χ0v) is 20.8. The molecule has 2 aliphatic heterocycles. The Hall–Kier alpha value is -2.65. The van der Waals surface area contributed by atoms with Gasteiger partial charge in [-0.05, 0) is 61.1 Å². The average molecular weight is 514 g/mol. The minimum Gasteiger partial charge on any atom is -0.389 e. The van der Waals surface area contributed by atoms with Crippen LogP contribution in [-0.4, -0.2) is 72.1 Å². The zero-order valence-electron chi connectivity index (χ0n) is 20.1. The molecule has 3 amide bonds. The maximum absolute atomic E-state index is 13.2. The Balaban J connectivity index is 1.18. The first-order valence-corrected chi connectivity index (χ1v) is 12.9. The van der Waals surface area contributed by atoms with Crippen molar-refractivity contribution in [3.63, 3.8) is 0 Å². The Bertz CT molecular complexity index is 1060. The summed E-state index contributed by atoms with van der Waals surface area (Å²) in [4.78, 5) is 27.6. The summed E-state index contributed by atoms with van der Waals surface area (Å²) in [5, 5.41) is 17.0. The highest BCUT2D eigenvalue weighted by Gasteiger charge is 2.40. The third-order valence-electron chi connectivity index (χ3n) is 7.17. The van der Waals surface area contributed by atoms with Gasteiger partial charge in [-0.25, -0.2) is 4.79 Å². The maximum Gasteiger partial charge on any atom is 0.322 e. The first kappa shape index (κ1) is 25.0. The molecule has 5 rings (SSSR count). The van der Waals surface area contributed by atoms with E-state index in [1.807, 2.05) is 12.1 Å². The first-order valence-electron chi connectivity index (χ1n) is 12.5. The van der Waals surface area contributed by atoms with Crippen LogP contribution in [0.15, 0.2) is 48.5 Å². The highest BCUT2D eigenvalue weighted by Crippen LogP contribution is 2.29. The molecule has 0 aromatic heterocycles. The fourth-order valence-corrected chi connectivity index (χ4v) is 5.58. The number of anilines is 1. The molecule has 2 heterocycles. The molecule has 9 heteroatoms. The summed E-state index contributed by atoms with van der Waals surface area (Å²) in [5.41, 5.74) is 3.21. The van der Waals surface area contributed by atoms with Gasteiger partial charge in [0.25, 0.3) is 0 Å². The summed E-state index contributed by atoms with van der Waals surface area (Å²) in [7, 11) is 0. The maximum atomic E-state index is 13.2. The largest absolute Gasteiger partial charge is 0.389 e. The number of hydrogen-bond acceptors (Lipinski definition) is 5. The van der Waals surface area contributed by atoms with E-state index in [9.17, 15) is 14.7 Å². The van der Waals surface area contributed by atoms with E-state index in [1.54, 1.807) is 29.2 Å². The van der Waals surface area contributed by atoms with Crippen molar-refractivity contribution >= 4 is 29.2 Å². The predicted molar refractivity (Wildman–Crippen MR) is 136 cm³/mol. The molecule has 3 N–H and O–H groups in total. The number of benzene rings is 2. The number of nitrogens with zero attached hydrogens (tertiary/aromatic N) is 1. The average Bonchev–Trinajstić information content (AvgIpc) is 3.25. The van der Waals surface area contributed by atoms with Crippen LogP contribution in [0.5, 0.6) is 0 Å². The van der Waals surface area contributed by atoms with E-state index in [4.69, 9.17) is 21.1 Å². The minimum atomic E-state index is -0.791. The van der Waals surface area contributed by atoms with Crippen molar-refractivity contribution in [3.8, 4) is 0 Å². The number of β-amino-alcohol motifs (C(OH)–C–C–N with tert-alkyl or cyclic N) is 1. The van der Waals surface area contributed by atoms with Crippen LogP contribution >= 0.6 is 11.6 Å². The molecular formula is C27H32ClN3O5. The Labute approximate surface area is 215 Å². The molecule has 3 aliphatic rings. The molecule has 0 spiro atoms. The summed E-state index contributed by atoms with van der Waals surface area (Å²) in [6.45, 7) is 0.505. The lowest BCUT2D eigenvalue weighted by Crippen LogP contribution is -2.58. The van der Waals surface area contributed by atoms with Crippen molar-refractivity contribution in [1.82, 2.24) is 10.2 Å². The SMILES string of the molecule is O=C(C[C@@H]1CC[C@H]2[C@@H](COC[C@H](O)CN2C(=O)Nc2ccc(Cl)cc2)O1)NC1Cc2ccccc2C1. The fourth-order valence-electron chi connectivity index (χ4n) is 5.46. The van der Waals surface area contributed by atoms with Crippen LogP contribution in [0.25, 0.3) is 0 Å². The van der Waals surface area contributed by atoms with Gasteiger partial charge in [-0.1, -0.05) is 35.9 Å². The van der Waals surface area contributed by atoms with Crippen molar-refractivity contribution < 1.29 is 24.2 Å². The number of urea groups is 1. The van der Waals surface area contributed by atoms with Gasteiger partial charge in [-0.15, -0.1) is 0 Å². The highest BCUT2D eigenvalue weighted by molar-refractivity contribution is 6.30. The van der Waals surface area contributed by atoms with Gasteiger partial charge in [0.15, 0.2) is 0 Å². The predicted octanol–water partition coefficient (Wildman–Crippen LogP) is 3.15. The third-order valence-corrected chi connectivity index (χ3v) is 7.42. The van der Waals surface area contributed by atoms with Crippen LogP contribution in [0.1, 0.15) is 30.4 Å². The number of amides is 3. The fraction of sp³-hybridized carbons (Fsp3) is 0.481. The Morgan fingerprint density at radius 2 is 1.75 bits per heavy atom. The molecule has 8 nitrogen and oxygen atoms in total. The van der Waals surface area contributed by atoms with Crippen LogP contribution in [0.4, 0.5) is 10.5 Å². The van der Waals surface area contributed by atoms with Crippen LogP contribution < -0.4 is 10.6 Å². The molecule has 0 unspecified atom stereocenters. The monoisotopic (exact) mass is 513 g/mol. The van der Waals surface area contributed by atoms with Gasteiger partial charge in [-0.2, -0.15) is 0 Å². The second kappa shape index (κ2) is 11.2. The Morgan fingerprint density at radius 1 is 1.03 bits per heavy atom. The topological polar surface area (TPSA) is 100 Å². The summed E-state index contributed by atoms with van der Waals surface area (Å²) >= 11 is 5.95. The number of carbonyl (C=O) groups is 2. The van der Waals surface area contributed by atoms with Crippen molar-refractivity contribution in [2.24, 2.45) is 0 Å². The lowest BCUT2D eigenvalue weighted by molar-refractivity contribution is -0.150. The second-order valence-electron chi connectivity index (χ2n) is 9.87. The van der Waals surface area contributed by atoms with E-state index >= 15 is 0 Å². The number of nitrogens with one attached hydrogen (secondary N) is 2. The third kappa shape index (κ3) is 6.00. The number of rotatable bonds is 4. The Kier molecular flexibility index (Phi) is 7.76. The van der Waals surface area contributed by atoms with Crippen molar-refractivity contribution in [1.29, 1.82) is 0 Å². The van der Waals surface area contributed by atoms with Crippen LogP contribution in [-0.2, 0) is 27.1 Å². The number of aliphatic hydroxyl groups is 1. The van der Waals surface area contributed by atoms with Gasteiger partial charge < -0.3 is 30.1 Å². The first-order chi connectivity index (χ1) is 17.4. The van der Waals surface area contributed by atoms with Gasteiger partial charge in [0.05, 0.1) is 44.4 Å². The van der Waals surface area contributed by atoms with Gasteiger partial charge in [-0.3, -0.25) is 4.79 Å². The molecule has 36 heavy (non-hydrogen) atoms. The summed E-state index contributed by atoms with van der Waals surface area (Å²) in [6.07, 6.45) is 1.86. The lowest BCUT2D eigenvalue weighted by atomic mass is 9.95. The van der Waals surface area contributed by atoms with Crippen LogP contribution in [0.3, 0.4) is 0 Å². The highest BCUT2D eigenvalue weighted by atomic mass is 35.5. The number of halogens is 1. The minimum absolute atomic E-state index is 0.0178. The van der Waals surface area contributed by atoms with Gasteiger partial charge >= 0.3 is 6.03 Å². The molecule has 0 saturated carbocycles. The number of aliphatic hydroxyl groups excluding tert-OH is 1. The summed E-state index contributed by atoms with van der Waals surface area (Å²) in [6, 6.07) is 14.7. The number of hydrogen-bond donors (Lipinski definition) is 3. The molecule has 2 aromatic carbocycles. The van der Waals surface area contributed by atoms with Gasteiger partial charge in [0.1, 0.15) is 6.10 Å². The smallest absolute Gasteiger partial charge is 0.322 e. The van der Waals surface area contributed by atoms with E-state index in [0.29, 0.717) is 23.6 Å². The van der Waals surface area contributed by atoms with E-state index in [0.717, 1.165) is 12.8 Å².